The highest BCUT2D eigenvalue weighted by atomic mass is 16.5. The van der Waals surface area contributed by atoms with Gasteiger partial charge in [0.15, 0.2) is 0 Å². The van der Waals surface area contributed by atoms with E-state index in [0.717, 1.165) is 28.2 Å². The van der Waals surface area contributed by atoms with Crippen LogP contribution in [0.5, 0.6) is 5.75 Å². The van der Waals surface area contributed by atoms with E-state index in [1.165, 1.54) is 17.0 Å². The topological polar surface area (TPSA) is 80.7 Å². The van der Waals surface area contributed by atoms with E-state index < -0.39 is 0 Å². The first kappa shape index (κ1) is 24.4. The minimum atomic E-state index is -0.270. The van der Waals surface area contributed by atoms with Gasteiger partial charge in [0.2, 0.25) is 5.91 Å². The molecule has 1 atom stereocenters. The van der Waals surface area contributed by atoms with E-state index in [0.29, 0.717) is 19.6 Å². The van der Waals surface area contributed by atoms with E-state index in [4.69, 9.17) is 19.3 Å². The third-order valence-corrected chi connectivity index (χ3v) is 5.56. The average Bonchev–Trinajstić information content (AvgIpc) is 3.28. The lowest BCUT2D eigenvalue weighted by Crippen LogP contribution is -2.44. The maximum Gasteiger partial charge on any atom is 0.262 e. The zero-order valence-corrected chi connectivity index (χ0v) is 19.6. The van der Waals surface area contributed by atoms with Crippen molar-refractivity contribution < 1.29 is 23.8 Å². The zero-order chi connectivity index (χ0) is 23.8. The van der Waals surface area contributed by atoms with E-state index >= 15 is 0 Å². The van der Waals surface area contributed by atoms with Crippen LogP contribution in [-0.2, 0) is 19.1 Å². The van der Waals surface area contributed by atoms with E-state index in [9.17, 15) is 9.59 Å². The van der Waals surface area contributed by atoms with Crippen molar-refractivity contribution in [1.29, 1.82) is 0 Å². The molecule has 0 bridgehead atoms. The molecule has 176 valence electrons. The second-order valence-corrected chi connectivity index (χ2v) is 7.89. The molecule has 0 radical (unpaired) electrons. The first-order valence-electron chi connectivity index (χ1n) is 10.8. The highest BCUT2D eigenvalue weighted by molar-refractivity contribution is 6.03. The van der Waals surface area contributed by atoms with Crippen molar-refractivity contribution in [3.8, 4) is 5.75 Å². The number of hydrogen-bond acceptors (Lipinski definition) is 6. The first-order chi connectivity index (χ1) is 16.0. The minimum Gasteiger partial charge on any atom is -0.497 e. The summed E-state index contributed by atoms with van der Waals surface area (Å²) in [5.74, 6) is 0.226. The van der Waals surface area contributed by atoms with E-state index in [1.54, 1.807) is 14.2 Å². The van der Waals surface area contributed by atoms with Gasteiger partial charge in [-0.05, 0) is 42.3 Å². The highest BCUT2D eigenvalue weighted by Crippen LogP contribution is 2.33. The summed E-state index contributed by atoms with van der Waals surface area (Å²) in [4.78, 5) is 27.3. The molecule has 0 spiro atoms. The predicted octanol–water partition coefficient (Wildman–Crippen LogP) is 2.80. The van der Waals surface area contributed by atoms with Crippen LogP contribution in [0.25, 0.3) is 0 Å². The lowest BCUT2D eigenvalue weighted by molar-refractivity contribution is -0.144. The van der Waals surface area contributed by atoms with Crippen molar-refractivity contribution in [2.45, 2.75) is 19.4 Å². The summed E-state index contributed by atoms with van der Waals surface area (Å²) in [7, 11) is 4.63. The molecule has 8 nitrogen and oxygen atoms in total. The van der Waals surface area contributed by atoms with Crippen LogP contribution in [0.4, 0.5) is 0 Å². The fourth-order valence-electron chi connectivity index (χ4n) is 3.69. The van der Waals surface area contributed by atoms with Crippen LogP contribution in [0.3, 0.4) is 0 Å². The van der Waals surface area contributed by atoms with Crippen molar-refractivity contribution in [2.75, 3.05) is 47.6 Å². The van der Waals surface area contributed by atoms with E-state index in [1.807, 2.05) is 55.5 Å². The van der Waals surface area contributed by atoms with E-state index in [-0.39, 0.29) is 31.0 Å². The van der Waals surface area contributed by atoms with Gasteiger partial charge in [-0.15, -0.1) is 0 Å². The Morgan fingerprint density at radius 1 is 1.03 bits per heavy atom. The second kappa shape index (κ2) is 11.6. The number of carbonyl (C=O) groups excluding carboxylic acids is 2. The standard InChI is InChI=1S/C25H31N3O5/c1-18-5-7-20(8-6-18)23-15-22(19-9-11-21(33-4)12-10-19)26-28(23)24(29)16-27(13-14-31-2)25(30)17-32-3/h5-12,23H,13-17H2,1-4H3/t23-/m0/s1. The Hall–Kier alpha value is -3.23. The molecule has 0 unspecified atom stereocenters. The van der Waals surface area contributed by atoms with Gasteiger partial charge >= 0.3 is 0 Å². The Kier molecular flexibility index (Phi) is 8.57. The molecule has 1 aliphatic heterocycles. The van der Waals surface area contributed by atoms with Crippen molar-refractivity contribution in [2.24, 2.45) is 5.10 Å². The van der Waals surface area contributed by atoms with Crippen molar-refractivity contribution in [1.82, 2.24) is 9.91 Å². The summed E-state index contributed by atoms with van der Waals surface area (Å²) in [6, 6.07) is 15.5. The Morgan fingerprint density at radius 2 is 1.73 bits per heavy atom. The smallest absolute Gasteiger partial charge is 0.262 e. The molecular weight excluding hydrogens is 422 g/mol. The van der Waals surface area contributed by atoms with Gasteiger partial charge in [0.05, 0.1) is 25.5 Å². The minimum absolute atomic E-state index is 0.0985. The molecular formula is C25H31N3O5. The molecule has 33 heavy (non-hydrogen) atoms. The molecule has 0 saturated heterocycles. The van der Waals surface area contributed by atoms with Crippen LogP contribution < -0.4 is 4.74 Å². The largest absolute Gasteiger partial charge is 0.497 e. The van der Waals surface area contributed by atoms with E-state index in [2.05, 4.69) is 0 Å². The summed E-state index contributed by atoms with van der Waals surface area (Å²) in [5, 5.41) is 6.20. The highest BCUT2D eigenvalue weighted by Gasteiger charge is 2.34. The first-order valence-corrected chi connectivity index (χ1v) is 10.8. The number of hydrazone groups is 1. The zero-order valence-electron chi connectivity index (χ0n) is 19.6. The van der Waals surface area contributed by atoms with Crippen molar-refractivity contribution >= 4 is 17.5 Å². The average molecular weight is 454 g/mol. The molecule has 1 aliphatic rings. The number of rotatable bonds is 10. The van der Waals surface area contributed by atoms with Gasteiger partial charge in [-0.25, -0.2) is 5.01 Å². The van der Waals surface area contributed by atoms with Gasteiger partial charge in [-0.3, -0.25) is 9.59 Å². The van der Waals surface area contributed by atoms with Gasteiger partial charge in [0, 0.05) is 27.2 Å². The summed E-state index contributed by atoms with van der Waals surface area (Å²) < 4.78 is 15.3. The molecule has 0 aliphatic carbocycles. The predicted molar refractivity (Wildman–Crippen MR) is 125 cm³/mol. The molecule has 1 heterocycles. The number of hydrogen-bond donors (Lipinski definition) is 0. The molecule has 0 fully saturated rings. The molecule has 0 N–H and O–H groups in total. The maximum absolute atomic E-state index is 13.4. The lowest BCUT2D eigenvalue weighted by Gasteiger charge is -2.27. The molecule has 2 aromatic rings. The summed E-state index contributed by atoms with van der Waals surface area (Å²) in [5.41, 5.74) is 3.87. The van der Waals surface area contributed by atoms with Crippen LogP contribution in [0.1, 0.15) is 29.2 Å². The SMILES string of the molecule is COCCN(CC(=O)N1N=C(c2ccc(OC)cc2)C[C@H]1c1ccc(C)cc1)C(=O)COC. The number of amides is 2. The number of aryl methyl sites for hydroxylation is 1. The molecule has 8 heteroatoms. The fourth-order valence-corrected chi connectivity index (χ4v) is 3.69. The monoisotopic (exact) mass is 453 g/mol. The van der Waals surface area contributed by atoms with Crippen LogP contribution in [0.2, 0.25) is 0 Å². The number of carbonyl (C=O) groups is 2. The third kappa shape index (κ3) is 6.18. The Balaban J connectivity index is 1.88. The number of nitrogens with zero attached hydrogens (tertiary/aromatic N) is 3. The van der Waals surface area contributed by atoms with Gasteiger partial charge in [0.1, 0.15) is 18.9 Å². The number of benzene rings is 2. The molecule has 2 aromatic carbocycles. The molecule has 3 rings (SSSR count). The summed E-state index contributed by atoms with van der Waals surface area (Å²) in [6.07, 6.45) is 0.575. The van der Waals surface area contributed by atoms with Crippen molar-refractivity contribution in [3.05, 3.63) is 65.2 Å². The van der Waals surface area contributed by atoms with Crippen molar-refractivity contribution in [3.63, 3.8) is 0 Å². The molecule has 0 saturated carbocycles. The van der Waals surface area contributed by atoms with Gasteiger partial charge in [-0.2, -0.15) is 5.10 Å². The van der Waals surface area contributed by atoms with Gasteiger partial charge in [0.25, 0.3) is 5.91 Å². The number of methoxy groups -OCH3 is 3. The van der Waals surface area contributed by atoms with Gasteiger partial charge < -0.3 is 19.1 Å². The number of ether oxygens (including phenoxy) is 3. The van der Waals surface area contributed by atoms with Gasteiger partial charge in [-0.1, -0.05) is 29.8 Å². The van der Waals surface area contributed by atoms with Crippen LogP contribution in [0, 0.1) is 6.92 Å². The maximum atomic E-state index is 13.4. The normalized spacial score (nSPS) is 15.3. The summed E-state index contributed by atoms with van der Waals surface area (Å²) >= 11 is 0. The Labute approximate surface area is 194 Å². The third-order valence-electron chi connectivity index (χ3n) is 5.56. The van der Waals surface area contributed by atoms with Crippen LogP contribution in [-0.4, -0.2) is 75.1 Å². The lowest BCUT2D eigenvalue weighted by atomic mass is 9.97. The summed E-state index contributed by atoms with van der Waals surface area (Å²) in [6.45, 7) is 2.44. The fraction of sp³-hybridized carbons (Fsp3) is 0.400. The second-order valence-electron chi connectivity index (χ2n) is 7.89. The molecule has 0 aromatic heterocycles. The van der Waals surface area contributed by atoms with Crippen LogP contribution in [0.15, 0.2) is 53.6 Å². The van der Waals surface area contributed by atoms with Crippen LogP contribution >= 0.6 is 0 Å². The Morgan fingerprint density at radius 3 is 2.33 bits per heavy atom. The quantitative estimate of drug-likeness (QED) is 0.553. The molecule has 2 amide bonds. The Bertz CT molecular complexity index is 973.